The van der Waals surface area contributed by atoms with Crippen molar-refractivity contribution in [2.24, 2.45) is 11.5 Å². The first-order chi connectivity index (χ1) is 31.9. The van der Waals surface area contributed by atoms with Crippen molar-refractivity contribution in [1.82, 2.24) is 21.3 Å². The predicted octanol–water partition coefficient (Wildman–Crippen LogP) is -1.21. The molecule has 5 aliphatic heterocycles. The average Bonchev–Trinajstić information content (AvgIpc) is 3.73. The number of aldehydes is 1. The highest BCUT2D eigenvalue weighted by Crippen LogP contribution is 2.50. The number of anilines is 1. The van der Waals surface area contributed by atoms with E-state index in [1.807, 2.05) is 35.2 Å². The van der Waals surface area contributed by atoms with Gasteiger partial charge in [-0.25, -0.2) is 0 Å². The fourth-order valence-electron chi connectivity index (χ4n) is 9.46. The molecule has 350 valence electrons. The highest BCUT2D eigenvalue weighted by molar-refractivity contribution is 6.29. The topological polar surface area (TPSA) is 299 Å². The molecular formula is C46H53N7O13. The van der Waals surface area contributed by atoms with Crippen LogP contribution in [0.4, 0.5) is 5.69 Å². The summed E-state index contributed by atoms with van der Waals surface area (Å²) in [5, 5.41) is 56.3. The van der Waals surface area contributed by atoms with E-state index in [4.69, 9.17) is 35.2 Å². The molecule has 66 heavy (non-hydrogen) atoms. The van der Waals surface area contributed by atoms with E-state index in [-0.39, 0.29) is 79.0 Å². The largest absolute Gasteiger partial charge is 0.486 e. The van der Waals surface area contributed by atoms with Crippen molar-refractivity contribution in [1.29, 1.82) is 0 Å². The predicted molar refractivity (Wildman–Crippen MR) is 233 cm³/mol. The Labute approximate surface area is 378 Å². The number of nitrogens with two attached hydrogens (primary N) is 2. The first-order valence-corrected chi connectivity index (χ1v) is 21.9. The number of ether oxygens (including phenoxy) is 5. The summed E-state index contributed by atoms with van der Waals surface area (Å²) in [6.07, 6.45) is -5.34. The zero-order valence-electron chi connectivity index (χ0n) is 35.8. The molecule has 0 saturated carbocycles. The van der Waals surface area contributed by atoms with Gasteiger partial charge in [0.05, 0.1) is 44.0 Å². The molecule has 3 aromatic carbocycles. The second kappa shape index (κ2) is 19.2. The molecular weight excluding hydrogens is 859 g/mol. The van der Waals surface area contributed by atoms with Gasteiger partial charge < -0.3 is 70.2 Å². The van der Waals surface area contributed by atoms with Crippen molar-refractivity contribution in [2.75, 3.05) is 44.5 Å². The molecule has 20 nitrogen and oxygen atoms in total. The van der Waals surface area contributed by atoms with Crippen molar-refractivity contribution in [3.05, 3.63) is 111 Å². The quantitative estimate of drug-likeness (QED) is 0.0746. The van der Waals surface area contributed by atoms with E-state index in [0.29, 0.717) is 47.5 Å². The summed E-state index contributed by atoms with van der Waals surface area (Å²) in [7, 11) is 0. The number of aliphatic hydroxyl groups is 4. The molecule has 10 atom stereocenters. The van der Waals surface area contributed by atoms with Gasteiger partial charge in [-0.3, -0.25) is 30.8 Å². The zero-order valence-corrected chi connectivity index (χ0v) is 35.8. The Morgan fingerprint density at radius 2 is 1.85 bits per heavy atom. The van der Waals surface area contributed by atoms with Crippen LogP contribution in [0, 0.1) is 0 Å². The Kier molecular flexibility index (Phi) is 13.2. The molecule has 5 heterocycles. The van der Waals surface area contributed by atoms with E-state index in [9.17, 15) is 39.6 Å². The molecule has 0 aromatic heterocycles. The summed E-state index contributed by atoms with van der Waals surface area (Å²) in [5.74, 6) is -2.09. The molecule has 2 bridgehead atoms. The zero-order chi connectivity index (χ0) is 46.2. The smallest absolute Gasteiger partial charge is 0.242 e. The van der Waals surface area contributed by atoms with Crippen LogP contribution in [0.1, 0.15) is 73.7 Å². The molecule has 0 radical (unpaired) electrons. The number of aliphatic hydroxyl groups excluding tert-OH is 4. The number of ketones is 2. The molecule has 0 spiro atoms. The van der Waals surface area contributed by atoms with Crippen LogP contribution in [0.5, 0.6) is 11.5 Å². The Bertz CT molecular complexity index is 2450. The maximum absolute atomic E-state index is 14.9. The molecule has 10 unspecified atom stereocenters. The number of para-hydroxylation sites is 1. The van der Waals surface area contributed by atoms with Crippen LogP contribution in [0.2, 0.25) is 0 Å². The SMILES string of the molecule is NC1=CC(CCOC2C3Oc4c(cc5c(c4OCC(O)CC=O)C(=O)c4cc(CO)ccc4C5=O)C(c4ccccc4N4CNC5C(=O)NC(N)NC54)CCOCC(O3)C(O)C2O)=CCN1. The number of carbonyl (C=O) groups is 4. The summed E-state index contributed by atoms with van der Waals surface area (Å²) in [5.41, 5.74) is 15.0. The van der Waals surface area contributed by atoms with Crippen LogP contribution in [0.15, 0.2) is 72.1 Å². The number of rotatable bonds is 12. The van der Waals surface area contributed by atoms with E-state index in [0.717, 1.165) is 5.57 Å². The van der Waals surface area contributed by atoms with Crippen molar-refractivity contribution >= 4 is 29.4 Å². The molecule has 1 amide bonds. The van der Waals surface area contributed by atoms with Gasteiger partial charge in [0.15, 0.2) is 23.1 Å². The number of allylic oxidation sites excluding steroid dienone is 1. The van der Waals surface area contributed by atoms with Gasteiger partial charge in [-0.05, 0) is 59.9 Å². The van der Waals surface area contributed by atoms with Crippen LogP contribution in [0.3, 0.4) is 0 Å². The highest BCUT2D eigenvalue weighted by atomic mass is 16.7. The van der Waals surface area contributed by atoms with Crippen LogP contribution in [0.25, 0.3) is 0 Å². The first-order valence-electron chi connectivity index (χ1n) is 21.9. The van der Waals surface area contributed by atoms with Crippen LogP contribution < -0.4 is 47.1 Å². The van der Waals surface area contributed by atoms with Crippen LogP contribution in [-0.2, 0) is 30.4 Å². The first kappa shape index (κ1) is 45.4. The minimum absolute atomic E-state index is 0.00166. The van der Waals surface area contributed by atoms with Crippen LogP contribution in [-0.4, -0.2) is 139 Å². The molecule has 3 saturated heterocycles. The Morgan fingerprint density at radius 1 is 1.02 bits per heavy atom. The standard InChI is InChI=1S/C46H53N7O13/c47-33-16-22(7-11-49-33)9-14-63-42-39(60)38(59)32-20-62-13-10-25(26-3-1-2-4-31(26)53-21-50-35-43(53)51-46(48)52-44(35)61)29-17-30-34(37(58)28-15-23(18-55)5-6-27(28)36(30)57)41(40(29)66-45(42)65-32)64-19-24(56)8-12-54/h1-7,12,15-17,24-25,32,35,38-39,42-43,45-46,49-51,55-56,59-60H,8-11,13-14,18-21,47-48H2,(H,52,61). The number of nitrogens with one attached hydrogen (secondary N) is 4. The maximum Gasteiger partial charge on any atom is 0.242 e. The van der Waals surface area contributed by atoms with Gasteiger partial charge in [0.2, 0.25) is 12.2 Å². The van der Waals surface area contributed by atoms with E-state index >= 15 is 0 Å². The highest BCUT2D eigenvalue weighted by Gasteiger charge is 2.49. The second-order valence-corrected chi connectivity index (χ2v) is 17.0. The fourth-order valence-corrected chi connectivity index (χ4v) is 9.46. The number of amides is 1. The molecule has 3 fully saturated rings. The number of fused-ring (bicyclic) bond motifs is 6. The van der Waals surface area contributed by atoms with Crippen LogP contribution >= 0.6 is 0 Å². The van der Waals surface area contributed by atoms with Gasteiger partial charge >= 0.3 is 0 Å². The van der Waals surface area contributed by atoms with Gasteiger partial charge in [0.25, 0.3) is 0 Å². The summed E-state index contributed by atoms with van der Waals surface area (Å²) in [4.78, 5) is 56.2. The van der Waals surface area contributed by atoms with Crippen molar-refractivity contribution in [3.63, 3.8) is 0 Å². The molecule has 9 rings (SSSR count). The van der Waals surface area contributed by atoms with Crippen molar-refractivity contribution < 1.29 is 63.3 Å². The Hall–Kier alpha value is -5.78. The van der Waals surface area contributed by atoms with Crippen molar-refractivity contribution in [2.45, 2.75) is 87.1 Å². The summed E-state index contributed by atoms with van der Waals surface area (Å²) in [6, 6.07) is 12.8. The summed E-state index contributed by atoms with van der Waals surface area (Å²) >= 11 is 0. The van der Waals surface area contributed by atoms with E-state index in [1.165, 1.54) is 12.1 Å². The van der Waals surface area contributed by atoms with Gasteiger partial charge in [-0.1, -0.05) is 30.3 Å². The third-order valence-corrected chi connectivity index (χ3v) is 12.8. The maximum atomic E-state index is 14.9. The summed E-state index contributed by atoms with van der Waals surface area (Å²) in [6.45, 7) is -0.278. The third kappa shape index (κ3) is 8.68. The lowest BCUT2D eigenvalue weighted by molar-refractivity contribution is -0.289. The molecule has 1 aliphatic carbocycles. The second-order valence-electron chi connectivity index (χ2n) is 17.0. The third-order valence-electron chi connectivity index (χ3n) is 12.8. The molecule has 20 heteroatoms. The number of hydrogen-bond donors (Lipinski definition) is 10. The van der Waals surface area contributed by atoms with Gasteiger partial charge in [-0.2, -0.15) is 0 Å². The lowest BCUT2D eigenvalue weighted by Gasteiger charge is -2.42. The van der Waals surface area contributed by atoms with Crippen molar-refractivity contribution in [3.8, 4) is 11.5 Å². The van der Waals surface area contributed by atoms with Gasteiger partial charge in [0, 0.05) is 53.4 Å². The Morgan fingerprint density at radius 3 is 2.65 bits per heavy atom. The fraction of sp³-hybridized carbons (Fsp3) is 0.435. The minimum Gasteiger partial charge on any atom is -0.486 e. The van der Waals surface area contributed by atoms with Gasteiger partial charge in [0.1, 0.15) is 55.8 Å². The lowest BCUT2D eigenvalue weighted by atomic mass is 9.78. The molecule has 6 aliphatic rings. The molecule has 12 N–H and O–H groups in total. The number of carbonyl (C=O) groups excluding carboxylic acids is 4. The Balaban J connectivity index is 1.23. The number of nitrogens with zero attached hydrogens (tertiary/aromatic N) is 1. The van der Waals surface area contributed by atoms with E-state index in [1.54, 1.807) is 18.2 Å². The number of dihydropyridines is 1. The average molecular weight is 912 g/mol. The molecule has 3 aromatic rings. The minimum atomic E-state index is -1.58. The number of benzene rings is 3. The van der Waals surface area contributed by atoms with Gasteiger partial charge in [-0.15, -0.1) is 0 Å². The van der Waals surface area contributed by atoms with E-state index < -0.39 is 86.0 Å². The normalized spacial score (nSPS) is 28.7. The van der Waals surface area contributed by atoms with E-state index in [2.05, 4.69) is 21.3 Å². The summed E-state index contributed by atoms with van der Waals surface area (Å²) < 4.78 is 32.2. The lowest BCUT2D eigenvalue weighted by Crippen LogP contribution is -2.70. The monoisotopic (exact) mass is 911 g/mol. The number of hydrogen-bond acceptors (Lipinski definition) is 19.